The second-order valence-electron chi connectivity index (χ2n) is 4.83. The van der Waals surface area contributed by atoms with Gasteiger partial charge in [0.25, 0.3) is 0 Å². The van der Waals surface area contributed by atoms with Gasteiger partial charge in [-0.3, -0.25) is 0 Å². The molecule has 2 fully saturated rings. The van der Waals surface area contributed by atoms with Crippen LogP contribution in [0.3, 0.4) is 0 Å². The average molecular weight is 299 g/mol. The van der Waals surface area contributed by atoms with Crippen molar-refractivity contribution in [1.29, 1.82) is 0 Å². The lowest BCUT2D eigenvalue weighted by Crippen LogP contribution is -2.29. The molecule has 2 saturated carbocycles. The number of aromatic nitrogens is 3. The zero-order valence-corrected chi connectivity index (χ0v) is 11.0. The summed E-state index contributed by atoms with van der Waals surface area (Å²) in [5, 5.41) is 21.0. The van der Waals surface area contributed by atoms with E-state index in [0.29, 0.717) is 11.9 Å². The molecular formula is C11H15BrN4O. The Morgan fingerprint density at radius 2 is 2.00 bits per heavy atom. The van der Waals surface area contributed by atoms with Crippen molar-refractivity contribution in [1.82, 2.24) is 15.2 Å². The number of halogens is 1. The van der Waals surface area contributed by atoms with Crippen molar-refractivity contribution < 1.29 is 5.11 Å². The van der Waals surface area contributed by atoms with Crippen LogP contribution in [-0.4, -0.2) is 32.4 Å². The van der Waals surface area contributed by atoms with Crippen molar-refractivity contribution in [3.05, 3.63) is 10.3 Å². The van der Waals surface area contributed by atoms with E-state index in [1.807, 2.05) is 0 Å². The van der Waals surface area contributed by atoms with Crippen LogP contribution in [0.25, 0.3) is 0 Å². The normalized spacial score (nSPS) is 28.4. The summed E-state index contributed by atoms with van der Waals surface area (Å²) in [5.74, 6) is 1.08. The zero-order valence-electron chi connectivity index (χ0n) is 9.43. The number of aliphatic hydroxyl groups is 1. The molecule has 0 radical (unpaired) electrons. The molecule has 92 valence electrons. The van der Waals surface area contributed by atoms with E-state index >= 15 is 0 Å². The third-order valence-corrected chi connectivity index (χ3v) is 3.99. The van der Waals surface area contributed by atoms with Crippen LogP contribution in [-0.2, 0) is 0 Å². The number of nitrogens with zero attached hydrogens (tertiary/aromatic N) is 3. The average Bonchev–Trinajstić information content (AvgIpc) is 3.08. The molecule has 1 aromatic rings. The minimum atomic E-state index is -0.286. The van der Waals surface area contributed by atoms with Gasteiger partial charge in [-0.25, -0.2) is 4.98 Å². The summed E-state index contributed by atoms with van der Waals surface area (Å²) in [6.07, 6.45) is 4.96. The van der Waals surface area contributed by atoms with E-state index in [2.05, 4.69) is 36.4 Å². The maximum atomic E-state index is 9.75. The van der Waals surface area contributed by atoms with Gasteiger partial charge < -0.3 is 10.4 Å². The van der Waals surface area contributed by atoms with E-state index in [1.54, 1.807) is 0 Å². The van der Waals surface area contributed by atoms with Gasteiger partial charge in [0.1, 0.15) is 0 Å². The number of hydrogen-bond acceptors (Lipinski definition) is 5. The topological polar surface area (TPSA) is 70.9 Å². The van der Waals surface area contributed by atoms with E-state index in [1.165, 1.54) is 12.8 Å². The number of anilines is 1. The Bertz CT molecular complexity index is 424. The number of hydrogen-bond donors (Lipinski definition) is 2. The molecule has 3 rings (SSSR count). The van der Waals surface area contributed by atoms with Crippen molar-refractivity contribution in [2.45, 2.75) is 50.2 Å². The molecule has 2 aliphatic carbocycles. The quantitative estimate of drug-likeness (QED) is 0.891. The van der Waals surface area contributed by atoms with Gasteiger partial charge in [0, 0.05) is 5.92 Å². The van der Waals surface area contributed by atoms with Crippen molar-refractivity contribution >= 4 is 21.9 Å². The number of nitrogens with one attached hydrogen (secondary N) is 1. The molecule has 0 saturated heterocycles. The van der Waals surface area contributed by atoms with Crippen molar-refractivity contribution in [3.63, 3.8) is 0 Å². The maximum absolute atomic E-state index is 9.75. The molecule has 0 unspecified atom stereocenters. The largest absolute Gasteiger partial charge is 0.391 e. The first-order chi connectivity index (χ1) is 8.24. The predicted octanol–water partition coefficient (Wildman–Crippen LogP) is 1.84. The van der Waals surface area contributed by atoms with E-state index < -0.39 is 0 Å². The van der Waals surface area contributed by atoms with Gasteiger partial charge in [-0.05, 0) is 48.0 Å². The lowest BCUT2D eigenvalue weighted by atomic mass is 10.2. The molecule has 1 aromatic heterocycles. The molecule has 0 aromatic carbocycles. The molecular weight excluding hydrogens is 284 g/mol. The molecule has 2 atom stereocenters. The number of rotatable bonds is 3. The van der Waals surface area contributed by atoms with E-state index in [0.717, 1.165) is 29.6 Å². The highest BCUT2D eigenvalue weighted by Gasteiger charge is 2.30. The van der Waals surface area contributed by atoms with Crippen LogP contribution in [0.5, 0.6) is 0 Å². The lowest BCUT2D eigenvalue weighted by molar-refractivity contribution is 0.171. The molecule has 1 heterocycles. The lowest BCUT2D eigenvalue weighted by Gasteiger charge is -2.16. The molecule has 2 N–H and O–H groups in total. The first kappa shape index (κ1) is 11.3. The zero-order chi connectivity index (χ0) is 11.8. The molecule has 0 aliphatic heterocycles. The monoisotopic (exact) mass is 298 g/mol. The summed E-state index contributed by atoms with van der Waals surface area (Å²) in [6.45, 7) is 0. The van der Waals surface area contributed by atoms with Crippen LogP contribution >= 0.6 is 15.9 Å². The van der Waals surface area contributed by atoms with E-state index in [4.69, 9.17) is 0 Å². The second-order valence-corrected chi connectivity index (χ2v) is 5.59. The third kappa shape index (κ3) is 2.42. The summed E-state index contributed by atoms with van der Waals surface area (Å²) < 4.78 is 0.748. The molecule has 5 nitrogen and oxygen atoms in total. The Hall–Kier alpha value is -0.750. The van der Waals surface area contributed by atoms with Crippen molar-refractivity contribution in [2.24, 2.45) is 0 Å². The minimum absolute atomic E-state index is 0.0741. The Morgan fingerprint density at radius 1 is 1.18 bits per heavy atom. The fourth-order valence-electron chi connectivity index (χ4n) is 2.28. The van der Waals surface area contributed by atoms with E-state index in [9.17, 15) is 5.11 Å². The Balaban J connectivity index is 1.76. The summed E-state index contributed by atoms with van der Waals surface area (Å²) in [7, 11) is 0. The highest BCUT2D eigenvalue weighted by atomic mass is 79.9. The molecule has 0 bridgehead atoms. The van der Waals surface area contributed by atoms with Crippen LogP contribution in [0, 0.1) is 0 Å². The van der Waals surface area contributed by atoms with Crippen LogP contribution < -0.4 is 5.32 Å². The van der Waals surface area contributed by atoms with Gasteiger partial charge in [0.05, 0.1) is 17.8 Å². The van der Waals surface area contributed by atoms with Crippen LogP contribution in [0.15, 0.2) is 4.60 Å². The second kappa shape index (κ2) is 4.49. The Morgan fingerprint density at radius 3 is 2.65 bits per heavy atom. The summed E-state index contributed by atoms with van der Waals surface area (Å²) in [5.41, 5.74) is 0.995. The highest BCUT2D eigenvalue weighted by Crippen LogP contribution is 2.41. The fourth-order valence-corrected chi connectivity index (χ4v) is 2.77. The maximum Gasteiger partial charge on any atom is 0.243 e. The highest BCUT2D eigenvalue weighted by molar-refractivity contribution is 9.10. The minimum Gasteiger partial charge on any atom is -0.391 e. The Labute approximate surface area is 108 Å². The van der Waals surface area contributed by atoms with Crippen LogP contribution in [0.4, 0.5) is 5.95 Å². The summed E-state index contributed by atoms with van der Waals surface area (Å²) >= 11 is 3.38. The van der Waals surface area contributed by atoms with Gasteiger partial charge in [-0.2, -0.15) is 0 Å². The Kier molecular flexibility index (Phi) is 3.00. The van der Waals surface area contributed by atoms with Crippen molar-refractivity contribution in [3.8, 4) is 0 Å². The van der Waals surface area contributed by atoms with Gasteiger partial charge in [0.15, 0.2) is 4.60 Å². The molecule has 2 aliphatic rings. The summed E-state index contributed by atoms with van der Waals surface area (Å²) in [4.78, 5) is 4.49. The standard InChI is InChI=1S/C11H15BrN4O/c12-10-9(6-4-5-6)14-11(16-15-10)13-7-2-1-3-8(7)17/h6-8,17H,1-5H2,(H,13,14,16)/t7-,8-/m1/s1. The smallest absolute Gasteiger partial charge is 0.243 e. The third-order valence-electron chi connectivity index (χ3n) is 3.43. The predicted molar refractivity (Wildman–Crippen MR) is 66.8 cm³/mol. The summed E-state index contributed by atoms with van der Waals surface area (Å²) in [6, 6.07) is 0.0741. The first-order valence-electron chi connectivity index (χ1n) is 6.09. The van der Waals surface area contributed by atoms with Gasteiger partial charge in [-0.1, -0.05) is 0 Å². The molecule has 6 heteroatoms. The van der Waals surface area contributed by atoms with Crippen LogP contribution in [0.1, 0.15) is 43.7 Å². The molecule has 0 amide bonds. The van der Waals surface area contributed by atoms with Crippen LogP contribution in [0.2, 0.25) is 0 Å². The number of aliphatic hydroxyl groups excluding tert-OH is 1. The SMILES string of the molecule is O[C@@H]1CCC[C@H]1Nc1nnc(Br)c(C2CC2)n1. The van der Waals surface area contributed by atoms with Gasteiger partial charge in [-0.15, -0.1) is 10.2 Å². The van der Waals surface area contributed by atoms with E-state index in [-0.39, 0.29) is 12.1 Å². The first-order valence-corrected chi connectivity index (χ1v) is 6.88. The molecule has 17 heavy (non-hydrogen) atoms. The fraction of sp³-hybridized carbons (Fsp3) is 0.727. The van der Waals surface area contributed by atoms with Crippen molar-refractivity contribution in [2.75, 3.05) is 5.32 Å². The molecule has 0 spiro atoms. The van der Waals surface area contributed by atoms with Gasteiger partial charge >= 0.3 is 0 Å². The van der Waals surface area contributed by atoms with Gasteiger partial charge in [0.2, 0.25) is 5.95 Å².